The topological polar surface area (TPSA) is 46.5 Å². The molecule has 1 rings (SSSR count). The normalized spacial score (nSPS) is 9.62. The van der Waals surface area contributed by atoms with Crippen molar-refractivity contribution in [3.05, 3.63) is 40.3 Å². The summed E-state index contributed by atoms with van der Waals surface area (Å²) < 4.78 is 0. The van der Waals surface area contributed by atoms with E-state index in [1.165, 1.54) is 5.56 Å². The van der Waals surface area contributed by atoms with Gasteiger partial charge in [0.2, 0.25) is 0 Å². The minimum absolute atomic E-state index is 0.105. The molecular formula is C10H11NO2. The van der Waals surface area contributed by atoms with Gasteiger partial charge in [-0.05, 0) is 17.5 Å². The number of hydrogen-bond acceptors (Lipinski definition) is 2. The molecule has 0 unspecified atom stereocenters. The zero-order valence-corrected chi connectivity index (χ0v) is 7.49. The van der Waals surface area contributed by atoms with E-state index in [1.807, 2.05) is 24.3 Å². The summed E-state index contributed by atoms with van der Waals surface area (Å²) in [6.07, 6.45) is 1.08. The van der Waals surface area contributed by atoms with Crippen LogP contribution >= 0.6 is 0 Å². The van der Waals surface area contributed by atoms with E-state index >= 15 is 0 Å². The Bertz CT molecular complexity index is 303. The fraction of sp³-hybridized carbons (Fsp3) is 0.300. The highest BCUT2D eigenvalue weighted by Gasteiger charge is 2.01. The molecule has 0 atom stereocenters. The minimum atomic E-state index is -0.621. The Balaban J connectivity index is 2.69. The molecule has 1 aromatic carbocycles. The van der Waals surface area contributed by atoms with E-state index in [1.54, 1.807) is 0 Å². The summed E-state index contributed by atoms with van der Waals surface area (Å²) in [6, 6.07) is 7.60. The summed E-state index contributed by atoms with van der Waals surface area (Å²) >= 11 is 0. The number of amides is 1. The van der Waals surface area contributed by atoms with Gasteiger partial charge in [0.15, 0.2) is 0 Å². The SMILES string of the molecule is CCc1ccc(CC(=O)N=O)cc1. The van der Waals surface area contributed by atoms with Gasteiger partial charge in [0.25, 0.3) is 5.91 Å². The number of nitrogens with zero attached hydrogens (tertiary/aromatic N) is 1. The number of benzene rings is 1. The van der Waals surface area contributed by atoms with Gasteiger partial charge in [0, 0.05) is 5.18 Å². The van der Waals surface area contributed by atoms with Crippen LogP contribution in [0.25, 0.3) is 0 Å². The highest BCUT2D eigenvalue weighted by Crippen LogP contribution is 2.06. The second-order valence-corrected chi connectivity index (χ2v) is 2.83. The van der Waals surface area contributed by atoms with Crippen LogP contribution in [0.15, 0.2) is 29.4 Å². The molecule has 0 aliphatic carbocycles. The summed E-state index contributed by atoms with van der Waals surface area (Å²) in [5.41, 5.74) is 2.05. The molecule has 0 aliphatic rings. The van der Waals surface area contributed by atoms with Crippen LogP contribution in [0.4, 0.5) is 0 Å². The third kappa shape index (κ3) is 2.78. The van der Waals surface area contributed by atoms with Crippen molar-refractivity contribution in [1.29, 1.82) is 0 Å². The fourth-order valence-corrected chi connectivity index (χ4v) is 1.10. The average Bonchev–Trinajstić information content (AvgIpc) is 2.19. The maximum Gasteiger partial charge on any atom is 0.290 e. The molecule has 68 valence electrons. The van der Waals surface area contributed by atoms with E-state index in [-0.39, 0.29) is 6.42 Å². The predicted octanol–water partition coefficient (Wildman–Crippen LogP) is 2.08. The largest absolute Gasteiger partial charge is 0.290 e. The standard InChI is InChI=1S/C10H11NO2/c1-2-8-3-5-9(6-4-8)7-10(12)11-13/h3-6H,2,7H2,1H3. The van der Waals surface area contributed by atoms with Gasteiger partial charge in [-0.3, -0.25) is 4.79 Å². The molecule has 0 saturated carbocycles. The Morgan fingerprint density at radius 2 is 1.77 bits per heavy atom. The van der Waals surface area contributed by atoms with E-state index in [4.69, 9.17) is 0 Å². The monoisotopic (exact) mass is 177 g/mol. The molecule has 0 saturated heterocycles. The van der Waals surface area contributed by atoms with Crippen LogP contribution in [-0.4, -0.2) is 5.91 Å². The molecule has 1 aromatic rings. The summed E-state index contributed by atoms with van der Waals surface area (Å²) in [4.78, 5) is 20.5. The average molecular weight is 177 g/mol. The molecule has 0 bridgehead atoms. The summed E-state index contributed by atoms with van der Waals surface area (Å²) in [5, 5.41) is 2.34. The molecule has 0 radical (unpaired) electrons. The zero-order valence-electron chi connectivity index (χ0n) is 7.49. The van der Waals surface area contributed by atoms with Crippen molar-refractivity contribution in [2.75, 3.05) is 0 Å². The first-order chi connectivity index (χ1) is 6.26. The van der Waals surface area contributed by atoms with Crippen LogP contribution in [-0.2, 0) is 17.6 Å². The van der Waals surface area contributed by atoms with Gasteiger partial charge in [0.05, 0.1) is 6.42 Å². The van der Waals surface area contributed by atoms with E-state index in [0.717, 1.165) is 12.0 Å². The third-order valence-electron chi connectivity index (χ3n) is 1.89. The Labute approximate surface area is 76.7 Å². The number of carbonyl (C=O) groups excluding carboxylic acids is 1. The first-order valence-electron chi connectivity index (χ1n) is 4.20. The van der Waals surface area contributed by atoms with Crippen molar-refractivity contribution >= 4 is 5.91 Å². The number of aryl methyl sites for hydroxylation is 1. The van der Waals surface area contributed by atoms with E-state index in [2.05, 4.69) is 12.1 Å². The molecule has 0 aromatic heterocycles. The number of nitroso groups, excluding NO2 is 1. The second-order valence-electron chi connectivity index (χ2n) is 2.83. The number of carbonyl (C=O) groups is 1. The maximum absolute atomic E-state index is 10.7. The van der Waals surface area contributed by atoms with Crippen molar-refractivity contribution in [3.8, 4) is 0 Å². The molecule has 0 N–H and O–H groups in total. The van der Waals surface area contributed by atoms with Gasteiger partial charge in [-0.15, -0.1) is 4.91 Å². The van der Waals surface area contributed by atoms with Gasteiger partial charge in [-0.2, -0.15) is 0 Å². The number of hydrogen-bond donors (Lipinski definition) is 0. The van der Waals surface area contributed by atoms with Crippen molar-refractivity contribution in [1.82, 2.24) is 0 Å². The smallest absolute Gasteiger partial charge is 0.269 e. The highest BCUT2D eigenvalue weighted by molar-refractivity contribution is 5.79. The van der Waals surface area contributed by atoms with Gasteiger partial charge < -0.3 is 0 Å². The Morgan fingerprint density at radius 1 is 1.23 bits per heavy atom. The third-order valence-corrected chi connectivity index (χ3v) is 1.89. The van der Waals surface area contributed by atoms with Crippen LogP contribution in [0.1, 0.15) is 18.1 Å². The van der Waals surface area contributed by atoms with Crippen LogP contribution in [0.3, 0.4) is 0 Å². The number of rotatable bonds is 3. The first-order valence-corrected chi connectivity index (χ1v) is 4.20. The molecule has 0 aliphatic heterocycles. The van der Waals surface area contributed by atoms with Crippen LogP contribution in [0.5, 0.6) is 0 Å². The maximum atomic E-state index is 10.7. The lowest BCUT2D eigenvalue weighted by Gasteiger charge is -1.98. The molecule has 13 heavy (non-hydrogen) atoms. The van der Waals surface area contributed by atoms with Crippen LogP contribution in [0, 0.1) is 4.91 Å². The first kappa shape index (κ1) is 9.58. The van der Waals surface area contributed by atoms with Gasteiger partial charge >= 0.3 is 0 Å². The van der Waals surface area contributed by atoms with Gasteiger partial charge in [-0.1, -0.05) is 31.2 Å². The molecule has 3 nitrogen and oxygen atoms in total. The Kier molecular flexibility index (Phi) is 3.31. The predicted molar refractivity (Wildman–Crippen MR) is 50.3 cm³/mol. The van der Waals surface area contributed by atoms with Crippen molar-refractivity contribution in [2.45, 2.75) is 19.8 Å². The van der Waals surface area contributed by atoms with Gasteiger partial charge in [-0.25, -0.2) is 0 Å². The minimum Gasteiger partial charge on any atom is -0.269 e. The van der Waals surface area contributed by atoms with Crippen molar-refractivity contribution in [3.63, 3.8) is 0 Å². The van der Waals surface area contributed by atoms with Crippen LogP contribution in [0.2, 0.25) is 0 Å². The summed E-state index contributed by atoms with van der Waals surface area (Å²) in [5.74, 6) is -0.621. The Hall–Kier alpha value is -1.51. The molecule has 0 fully saturated rings. The lowest BCUT2D eigenvalue weighted by atomic mass is 10.1. The van der Waals surface area contributed by atoms with Crippen LogP contribution < -0.4 is 0 Å². The lowest BCUT2D eigenvalue weighted by molar-refractivity contribution is -0.117. The zero-order chi connectivity index (χ0) is 9.68. The van der Waals surface area contributed by atoms with Gasteiger partial charge in [0.1, 0.15) is 0 Å². The summed E-state index contributed by atoms with van der Waals surface area (Å²) in [7, 11) is 0. The highest BCUT2D eigenvalue weighted by atomic mass is 16.3. The summed E-state index contributed by atoms with van der Waals surface area (Å²) in [6.45, 7) is 2.06. The Morgan fingerprint density at radius 3 is 2.23 bits per heavy atom. The second kappa shape index (κ2) is 4.50. The van der Waals surface area contributed by atoms with E-state index in [9.17, 15) is 9.70 Å². The van der Waals surface area contributed by atoms with E-state index < -0.39 is 5.91 Å². The molecule has 0 spiro atoms. The molecule has 0 heterocycles. The molecule has 3 heteroatoms. The van der Waals surface area contributed by atoms with Crippen molar-refractivity contribution < 1.29 is 4.79 Å². The molecule has 1 amide bonds. The quantitative estimate of drug-likeness (QED) is 0.663. The molecular weight excluding hydrogens is 166 g/mol. The van der Waals surface area contributed by atoms with E-state index in [0.29, 0.717) is 0 Å². The lowest BCUT2D eigenvalue weighted by Crippen LogP contribution is -1.97. The fourth-order valence-electron chi connectivity index (χ4n) is 1.10. The van der Waals surface area contributed by atoms with Crippen molar-refractivity contribution in [2.24, 2.45) is 5.18 Å².